The lowest BCUT2D eigenvalue weighted by atomic mass is 9.74. The van der Waals surface area contributed by atoms with E-state index in [2.05, 4.69) is 4.90 Å². The maximum Gasteiger partial charge on any atom is 0.336 e. The molecule has 1 unspecified atom stereocenters. The van der Waals surface area contributed by atoms with Gasteiger partial charge in [-0.3, -0.25) is 23.7 Å². The molecular weight excluding hydrogens is 663 g/mol. The zero-order chi connectivity index (χ0) is 33.7. The van der Waals surface area contributed by atoms with Crippen LogP contribution < -0.4 is 5.73 Å². The smallest absolute Gasteiger partial charge is 0.336 e. The van der Waals surface area contributed by atoms with E-state index in [9.17, 15) is 18.6 Å². The van der Waals surface area contributed by atoms with Crippen molar-refractivity contribution in [2.45, 2.75) is 55.0 Å². The van der Waals surface area contributed by atoms with Gasteiger partial charge in [0.2, 0.25) is 5.91 Å². The number of ether oxygens (including phenoxy) is 2. The molecule has 2 aromatic rings. The Balaban J connectivity index is 1.52. The summed E-state index contributed by atoms with van der Waals surface area (Å²) >= 11 is 13.4. The zero-order valence-electron chi connectivity index (χ0n) is 26.5. The van der Waals surface area contributed by atoms with Crippen molar-refractivity contribution in [1.82, 2.24) is 9.80 Å². The summed E-state index contributed by atoms with van der Waals surface area (Å²) in [6.07, 6.45) is 3.91. The number of halogens is 2. The quantitative estimate of drug-likeness (QED) is 0.382. The molecule has 1 amide bonds. The third-order valence-electron chi connectivity index (χ3n) is 9.29. The highest BCUT2D eigenvalue weighted by atomic mass is 35.5. The van der Waals surface area contributed by atoms with Crippen molar-refractivity contribution in [2.24, 2.45) is 16.6 Å². The Morgan fingerprint density at radius 3 is 2.15 bits per heavy atom. The van der Waals surface area contributed by atoms with E-state index in [4.69, 9.17) is 43.4 Å². The number of hydrogen-bond acceptors (Lipinski definition) is 9. The van der Waals surface area contributed by atoms with E-state index in [1.54, 1.807) is 47.4 Å². The average Bonchev–Trinajstić information content (AvgIpc) is 3.08. The Morgan fingerprint density at radius 2 is 1.55 bits per heavy atom. The Morgan fingerprint density at radius 1 is 0.915 bits per heavy atom. The highest BCUT2D eigenvalue weighted by Crippen LogP contribution is 2.46. The first-order valence-electron chi connectivity index (χ1n) is 15.7. The normalized spacial score (nSPS) is 24.4. The Labute approximate surface area is 287 Å². The molecule has 13 heteroatoms. The molecule has 252 valence electrons. The van der Waals surface area contributed by atoms with Gasteiger partial charge in [-0.2, -0.15) is 0 Å². The van der Waals surface area contributed by atoms with Crippen molar-refractivity contribution < 1.29 is 28.1 Å². The molecule has 0 radical (unpaired) electrons. The fraction of sp³-hybridized carbons (Fsp3) is 0.471. The van der Waals surface area contributed by atoms with Crippen molar-refractivity contribution in [2.75, 3.05) is 46.2 Å². The maximum atomic E-state index is 13.9. The second-order valence-electron chi connectivity index (χ2n) is 12.0. The van der Waals surface area contributed by atoms with Crippen molar-refractivity contribution in [3.8, 4) is 0 Å². The minimum atomic E-state index is -1.63. The minimum Gasteiger partial charge on any atom is -0.468 e. The molecule has 47 heavy (non-hydrogen) atoms. The summed E-state index contributed by atoms with van der Waals surface area (Å²) < 4.78 is 24.0. The van der Waals surface area contributed by atoms with Crippen molar-refractivity contribution in [3.63, 3.8) is 0 Å². The van der Waals surface area contributed by atoms with Gasteiger partial charge in [0.25, 0.3) is 0 Å². The van der Waals surface area contributed by atoms with Crippen molar-refractivity contribution in [1.29, 1.82) is 0 Å². The standard InChI is InChI=1S/C34H40Cl2N4O6S/c1-45-33(42)30-26(19-28(41)40-17-15-39(16-18-40)22-13-11-21(37)12-14-22)38-27(20-47(44)23-7-4-3-5-8-23)31(34(43)46-2)32(30)29-24(35)9-6-10-25(29)36/h3-10,21-22,30,32H,11-20,37H2,1-2H3/t21?,22?,30?,32-,47-/m0/s1. The first kappa shape index (κ1) is 35.2. The molecule has 1 saturated carbocycles. The van der Waals surface area contributed by atoms with Gasteiger partial charge < -0.3 is 20.1 Å². The van der Waals surface area contributed by atoms with Crippen LogP contribution in [0.5, 0.6) is 0 Å². The number of aliphatic imine (C=N–C) groups is 1. The zero-order valence-corrected chi connectivity index (χ0v) is 28.9. The van der Waals surface area contributed by atoms with Crippen LogP contribution in [0.1, 0.15) is 43.6 Å². The van der Waals surface area contributed by atoms with Gasteiger partial charge >= 0.3 is 11.9 Å². The summed E-state index contributed by atoms with van der Waals surface area (Å²) in [7, 11) is 0.810. The molecule has 3 atom stereocenters. The van der Waals surface area contributed by atoms with E-state index in [0.29, 0.717) is 24.0 Å². The van der Waals surface area contributed by atoms with Crippen LogP contribution in [0.4, 0.5) is 0 Å². The number of methoxy groups -OCH3 is 2. The van der Waals surface area contributed by atoms with Gasteiger partial charge in [0.1, 0.15) is 5.92 Å². The van der Waals surface area contributed by atoms with Crippen LogP contribution in [-0.4, -0.2) is 95.8 Å². The average molecular weight is 704 g/mol. The van der Waals surface area contributed by atoms with Crippen LogP contribution in [0.15, 0.2) is 69.7 Å². The second kappa shape index (κ2) is 15.9. The lowest BCUT2D eigenvalue weighted by molar-refractivity contribution is -0.143. The van der Waals surface area contributed by atoms with E-state index in [1.165, 1.54) is 14.2 Å². The number of carbonyl (C=O) groups is 3. The topological polar surface area (TPSA) is 132 Å². The number of esters is 2. The third kappa shape index (κ3) is 7.97. The van der Waals surface area contributed by atoms with Gasteiger partial charge in [0.15, 0.2) is 0 Å². The van der Waals surface area contributed by atoms with Gasteiger partial charge in [-0.1, -0.05) is 47.5 Å². The number of benzene rings is 2. The maximum absolute atomic E-state index is 13.9. The monoisotopic (exact) mass is 702 g/mol. The number of amides is 1. The van der Waals surface area contributed by atoms with E-state index in [1.807, 2.05) is 6.07 Å². The summed E-state index contributed by atoms with van der Waals surface area (Å²) in [6.45, 7) is 2.55. The number of piperazine rings is 1. The van der Waals surface area contributed by atoms with Crippen molar-refractivity contribution in [3.05, 3.63) is 75.4 Å². The Hall–Kier alpha value is -3.09. The second-order valence-corrected chi connectivity index (χ2v) is 14.3. The fourth-order valence-electron chi connectivity index (χ4n) is 6.82. The van der Waals surface area contributed by atoms with Gasteiger partial charge in [-0.05, 0) is 55.5 Å². The van der Waals surface area contributed by atoms with Crippen LogP contribution in [0.25, 0.3) is 0 Å². The van der Waals surface area contributed by atoms with Gasteiger partial charge in [-0.25, -0.2) is 4.79 Å². The summed E-state index contributed by atoms with van der Waals surface area (Å²) in [6, 6.07) is 14.3. The number of nitrogens with two attached hydrogens (primary N) is 1. The predicted octanol–water partition coefficient (Wildman–Crippen LogP) is 4.36. The van der Waals surface area contributed by atoms with Gasteiger partial charge in [-0.15, -0.1) is 0 Å². The van der Waals surface area contributed by atoms with E-state index in [0.717, 1.165) is 38.8 Å². The summed E-state index contributed by atoms with van der Waals surface area (Å²) in [5.74, 6) is -4.23. The molecular formula is C34H40Cl2N4O6S. The molecule has 2 aliphatic heterocycles. The molecule has 3 aliphatic rings. The third-order valence-corrected chi connectivity index (χ3v) is 11.3. The van der Waals surface area contributed by atoms with E-state index >= 15 is 0 Å². The SMILES string of the molecule is COC(=O)C1=C(C[S@](=O)c2ccccc2)N=C(CC(=O)N2CCN(C3CCC(N)CC3)CC2)C(C(=O)OC)[C@@H]1c1c(Cl)cccc1Cl. The highest BCUT2D eigenvalue weighted by molar-refractivity contribution is 7.85. The number of carbonyl (C=O) groups excluding carboxylic acids is 3. The minimum absolute atomic E-state index is 0.0146. The molecule has 0 aromatic heterocycles. The number of rotatable bonds is 9. The molecule has 1 aliphatic carbocycles. The Bertz CT molecular complexity index is 1550. The molecule has 2 aromatic carbocycles. The van der Waals surface area contributed by atoms with Crippen LogP contribution in [0.2, 0.25) is 10.0 Å². The predicted molar refractivity (Wildman–Crippen MR) is 182 cm³/mol. The van der Waals surface area contributed by atoms with Crippen LogP contribution in [0, 0.1) is 5.92 Å². The van der Waals surface area contributed by atoms with E-state index in [-0.39, 0.29) is 56.7 Å². The molecule has 0 spiro atoms. The molecule has 2 heterocycles. The first-order valence-corrected chi connectivity index (χ1v) is 17.8. The van der Waals surface area contributed by atoms with Gasteiger partial charge in [0, 0.05) is 64.8 Å². The molecule has 0 bridgehead atoms. The largest absolute Gasteiger partial charge is 0.468 e. The molecule has 5 rings (SSSR count). The molecule has 10 nitrogen and oxygen atoms in total. The molecule has 1 saturated heterocycles. The van der Waals surface area contributed by atoms with Crippen molar-refractivity contribution >= 4 is 57.6 Å². The summed E-state index contributed by atoms with van der Waals surface area (Å²) in [5.41, 5.74) is 6.69. The van der Waals surface area contributed by atoms with Crippen LogP contribution in [0.3, 0.4) is 0 Å². The lowest BCUT2D eigenvalue weighted by Gasteiger charge is -2.42. The number of nitrogens with zero attached hydrogens (tertiary/aromatic N) is 3. The molecule has 2 fully saturated rings. The van der Waals surface area contributed by atoms with Crippen LogP contribution in [-0.2, 0) is 34.7 Å². The molecule has 2 N–H and O–H groups in total. The van der Waals surface area contributed by atoms with Crippen LogP contribution >= 0.6 is 23.2 Å². The highest BCUT2D eigenvalue weighted by Gasteiger charge is 2.46. The summed E-state index contributed by atoms with van der Waals surface area (Å²) in [5, 5.41) is 0.405. The Kier molecular flexibility index (Phi) is 11.9. The van der Waals surface area contributed by atoms with Gasteiger partial charge in [0.05, 0.1) is 48.5 Å². The number of hydrogen-bond donors (Lipinski definition) is 1. The summed E-state index contributed by atoms with van der Waals surface area (Å²) in [4.78, 5) is 50.5. The lowest BCUT2D eigenvalue weighted by Crippen LogP contribution is -2.53. The van der Waals surface area contributed by atoms with E-state index < -0.39 is 34.6 Å². The fourth-order valence-corrected chi connectivity index (χ4v) is 8.55. The first-order chi connectivity index (χ1) is 22.6.